The second-order valence-corrected chi connectivity index (χ2v) is 8.24. The highest BCUT2D eigenvalue weighted by Crippen LogP contribution is 2.41. The van der Waals surface area contributed by atoms with E-state index in [0.29, 0.717) is 37.6 Å². The zero-order valence-electron chi connectivity index (χ0n) is 16.3. The van der Waals surface area contributed by atoms with Gasteiger partial charge in [0.05, 0.1) is 13.2 Å². The van der Waals surface area contributed by atoms with Gasteiger partial charge in [-0.05, 0) is 50.9 Å². The fraction of sp³-hybridized carbons (Fsp3) is 0.682. The van der Waals surface area contributed by atoms with E-state index in [0.717, 1.165) is 45.1 Å². The number of ether oxygens (including phenoxy) is 1. The molecule has 4 rings (SSSR count). The first kappa shape index (κ1) is 18.9. The molecule has 3 fully saturated rings. The molecule has 2 aliphatic heterocycles. The van der Waals surface area contributed by atoms with Crippen LogP contribution in [-0.2, 0) is 9.53 Å². The van der Waals surface area contributed by atoms with Gasteiger partial charge >= 0.3 is 0 Å². The maximum Gasteiger partial charge on any atom is 0.222 e. The number of carbonyl (C=O) groups excluding carboxylic acids is 1. The lowest BCUT2D eigenvalue weighted by atomic mass is 10.0. The number of hydrogen-bond donors (Lipinski definition) is 1. The van der Waals surface area contributed by atoms with E-state index in [4.69, 9.17) is 4.74 Å². The molecule has 1 unspecified atom stereocenters. The van der Waals surface area contributed by atoms with Gasteiger partial charge in [-0.2, -0.15) is 0 Å². The summed E-state index contributed by atoms with van der Waals surface area (Å²) in [4.78, 5) is 16.7. The van der Waals surface area contributed by atoms with Crippen LogP contribution in [0.5, 0.6) is 0 Å². The summed E-state index contributed by atoms with van der Waals surface area (Å²) in [7, 11) is 0. The number of rotatable bonds is 7. The third kappa shape index (κ3) is 5.31. The molecule has 0 bridgehead atoms. The lowest BCUT2D eigenvalue weighted by Gasteiger charge is -2.33. The van der Waals surface area contributed by atoms with Crippen molar-refractivity contribution in [3.63, 3.8) is 0 Å². The average molecular weight is 372 g/mol. The Labute approximate surface area is 163 Å². The van der Waals surface area contributed by atoms with Crippen molar-refractivity contribution in [1.29, 1.82) is 0 Å². The van der Waals surface area contributed by atoms with Crippen LogP contribution in [0.25, 0.3) is 0 Å². The molecule has 5 nitrogen and oxygen atoms in total. The van der Waals surface area contributed by atoms with Crippen molar-refractivity contribution in [2.24, 2.45) is 0 Å². The molecule has 5 heteroatoms. The average Bonchev–Trinajstić information content (AvgIpc) is 3.50. The molecular weight excluding hydrogens is 338 g/mol. The Morgan fingerprint density at radius 1 is 1.07 bits per heavy atom. The van der Waals surface area contributed by atoms with Crippen LogP contribution in [0.4, 0.5) is 0 Å². The molecule has 0 aromatic heterocycles. The van der Waals surface area contributed by atoms with Gasteiger partial charge in [-0.1, -0.05) is 30.3 Å². The van der Waals surface area contributed by atoms with Crippen molar-refractivity contribution in [1.82, 2.24) is 15.1 Å². The van der Waals surface area contributed by atoms with Crippen molar-refractivity contribution in [2.45, 2.75) is 50.1 Å². The lowest BCUT2D eigenvalue weighted by Crippen LogP contribution is -2.44. The summed E-state index contributed by atoms with van der Waals surface area (Å²) < 4.78 is 5.31. The molecule has 0 radical (unpaired) electrons. The Morgan fingerprint density at radius 3 is 2.56 bits per heavy atom. The van der Waals surface area contributed by atoms with Crippen LogP contribution in [0, 0.1) is 0 Å². The molecule has 148 valence electrons. The SMILES string of the molecule is O=C(CCCN1CCC(N[C@@H]2CC2c2ccccc2)CC1)N1CCOCC1. The molecule has 2 atom stereocenters. The molecule has 2 saturated heterocycles. The number of morpholine rings is 1. The second kappa shape index (κ2) is 9.18. The summed E-state index contributed by atoms with van der Waals surface area (Å²) >= 11 is 0. The van der Waals surface area contributed by atoms with Crippen LogP contribution in [-0.4, -0.2) is 73.7 Å². The number of nitrogens with one attached hydrogen (secondary N) is 1. The predicted octanol–water partition coefficient (Wildman–Crippen LogP) is 2.24. The third-order valence-corrected chi connectivity index (χ3v) is 6.28. The molecular formula is C22H33N3O2. The number of piperidine rings is 1. The van der Waals surface area contributed by atoms with Gasteiger partial charge in [0.1, 0.15) is 0 Å². The summed E-state index contributed by atoms with van der Waals surface area (Å²) in [6, 6.07) is 12.2. The van der Waals surface area contributed by atoms with Crippen molar-refractivity contribution in [3.05, 3.63) is 35.9 Å². The Hall–Kier alpha value is -1.43. The summed E-state index contributed by atoms with van der Waals surface area (Å²) in [5, 5.41) is 3.88. The monoisotopic (exact) mass is 371 g/mol. The number of hydrogen-bond acceptors (Lipinski definition) is 4. The van der Waals surface area contributed by atoms with E-state index < -0.39 is 0 Å². The molecule has 2 heterocycles. The molecule has 3 aliphatic rings. The van der Waals surface area contributed by atoms with E-state index >= 15 is 0 Å². The highest BCUT2D eigenvalue weighted by atomic mass is 16.5. The molecule has 1 aromatic rings. The van der Waals surface area contributed by atoms with Crippen molar-refractivity contribution >= 4 is 5.91 Å². The van der Waals surface area contributed by atoms with Gasteiger partial charge in [-0.3, -0.25) is 4.79 Å². The number of likely N-dealkylation sites (tertiary alicyclic amines) is 1. The van der Waals surface area contributed by atoms with Gasteiger partial charge in [0.2, 0.25) is 5.91 Å². The van der Waals surface area contributed by atoms with Crippen molar-refractivity contribution in [3.8, 4) is 0 Å². The molecule has 0 spiro atoms. The highest BCUT2D eigenvalue weighted by molar-refractivity contribution is 5.76. The first-order valence-corrected chi connectivity index (χ1v) is 10.7. The predicted molar refractivity (Wildman–Crippen MR) is 107 cm³/mol. The van der Waals surface area contributed by atoms with Gasteiger partial charge in [-0.15, -0.1) is 0 Å². The van der Waals surface area contributed by atoms with Crippen molar-refractivity contribution in [2.75, 3.05) is 45.9 Å². The normalized spacial score (nSPS) is 26.9. The zero-order valence-corrected chi connectivity index (χ0v) is 16.3. The van der Waals surface area contributed by atoms with Crippen LogP contribution in [0.3, 0.4) is 0 Å². The number of amides is 1. The third-order valence-electron chi connectivity index (χ3n) is 6.28. The first-order chi connectivity index (χ1) is 13.3. The van der Waals surface area contributed by atoms with E-state index in [9.17, 15) is 4.79 Å². The fourth-order valence-electron chi connectivity index (χ4n) is 4.50. The summed E-state index contributed by atoms with van der Waals surface area (Å²) in [6.45, 7) is 6.29. The maximum absolute atomic E-state index is 12.2. The first-order valence-electron chi connectivity index (χ1n) is 10.7. The summed E-state index contributed by atoms with van der Waals surface area (Å²) in [6.07, 6.45) is 5.41. The molecule has 1 aliphatic carbocycles. The number of nitrogens with zero attached hydrogens (tertiary/aromatic N) is 2. The largest absolute Gasteiger partial charge is 0.378 e. The van der Waals surface area contributed by atoms with Crippen LogP contribution in [0.15, 0.2) is 30.3 Å². The topological polar surface area (TPSA) is 44.8 Å². The minimum absolute atomic E-state index is 0.301. The Balaban J connectivity index is 1.09. The van der Waals surface area contributed by atoms with E-state index in [1.165, 1.54) is 24.8 Å². The van der Waals surface area contributed by atoms with E-state index in [2.05, 4.69) is 40.5 Å². The molecule has 1 amide bonds. The van der Waals surface area contributed by atoms with E-state index in [1.807, 2.05) is 4.90 Å². The zero-order chi connectivity index (χ0) is 18.5. The van der Waals surface area contributed by atoms with Gasteiger partial charge in [0, 0.05) is 37.5 Å². The van der Waals surface area contributed by atoms with Crippen LogP contribution >= 0.6 is 0 Å². The smallest absolute Gasteiger partial charge is 0.222 e. The molecule has 1 saturated carbocycles. The fourth-order valence-corrected chi connectivity index (χ4v) is 4.50. The van der Waals surface area contributed by atoms with Gasteiger partial charge in [0.15, 0.2) is 0 Å². The van der Waals surface area contributed by atoms with E-state index in [1.54, 1.807) is 0 Å². The maximum atomic E-state index is 12.2. The highest BCUT2D eigenvalue weighted by Gasteiger charge is 2.39. The Bertz CT molecular complexity index is 595. The molecule has 27 heavy (non-hydrogen) atoms. The van der Waals surface area contributed by atoms with Gasteiger partial charge in [-0.25, -0.2) is 0 Å². The van der Waals surface area contributed by atoms with E-state index in [-0.39, 0.29) is 0 Å². The van der Waals surface area contributed by atoms with Gasteiger partial charge in [0.25, 0.3) is 0 Å². The Kier molecular flexibility index (Phi) is 6.43. The Morgan fingerprint density at radius 2 is 1.81 bits per heavy atom. The van der Waals surface area contributed by atoms with Crippen LogP contribution < -0.4 is 5.32 Å². The number of benzene rings is 1. The molecule has 1 N–H and O–H groups in total. The number of carbonyl (C=O) groups is 1. The van der Waals surface area contributed by atoms with Gasteiger partial charge < -0.3 is 19.9 Å². The van der Waals surface area contributed by atoms with Crippen LogP contribution in [0.2, 0.25) is 0 Å². The summed E-state index contributed by atoms with van der Waals surface area (Å²) in [5.74, 6) is 1.02. The second-order valence-electron chi connectivity index (χ2n) is 8.24. The minimum atomic E-state index is 0.301. The molecule has 1 aromatic carbocycles. The minimum Gasteiger partial charge on any atom is -0.378 e. The quantitative estimate of drug-likeness (QED) is 0.798. The standard InChI is InChI=1S/C22H33N3O2/c26-22(25-13-15-27-16-14-25)7-4-10-24-11-8-19(9-12-24)23-21-17-20(21)18-5-2-1-3-6-18/h1-3,5-6,19-21,23H,4,7-17H2/t20?,21-/m1/s1. The summed E-state index contributed by atoms with van der Waals surface area (Å²) in [5.41, 5.74) is 1.48. The van der Waals surface area contributed by atoms with Crippen LogP contribution in [0.1, 0.15) is 43.6 Å². The lowest BCUT2D eigenvalue weighted by molar-refractivity contribution is -0.135. The van der Waals surface area contributed by atoms with Crippen molar-refractivity contribution < 1.29 is 9.53 Å².